The molecule has 6 N–H and O–H groups in total. The SMILES string of the molecule is Cc1cc(Nc2cc(N[C@H](Cc3ccccc3)C(N)=O)ccc2C(N)=O)sn1. The molecule has 28 heavy (non-hydrogen) atoms. The van der Waals surface area contributed by atoms with Crippen LogP contribution in [0.4, 0.5) is 16.4 Å². The molecule has 0 unspecified atom stereocenters. The maximum atomic E-state index is 11.9. The molecule has 0 aliphatic rings. The number of rotatable bonds is 8. The number of carbonyl (C=O) groups is 2. The summed E-state index contributed by atoms with van der Waals surface area (Å²) in [7, 11) is 0. The Morgan fingerprint density at radius 3 is 2.46 bits per heavy atom. The average molecular weight is 395 g/mol. The zero-order chi connectivity index (χ0) is 20.1. The number of primary amides is 2. The Morgan fingerprint density at radius 1 is 1.11 bits per heavy atom. The van der Waals surface area contributed by atoms with Gasteiger partial charge in [0.15, 0.2) is 0 Å². The number of nitrogens with two attached hydrogens (primary N) is 2. The normalized spacial score (nSPS) is 11.6. The average Bonchev–Trinajstić information content (AvgIpc) is 3.06. The van der Waals surface area contributed by atoms with Gasteiger partial charge in [-0.15, -0.1) is 0 Å². The van der Waals surface area contributed by atoms with E-state index in [0.717, 1.165) is 16.3 Å². The molecule has 0 fully saturated rings. The quantitative estimate of drug-likeness (QED) is 0.467. The number of hydrogen-bond acceptors (Lipinski definition) is 6. The zero-order valence-corrected chi connectivity index (χ0v) is 16.1. The summed E-state index contributed by atoms with van der Waals surface area (Å²) in [5.74, 6) is -1.01. The van der Waals surface area contributed by atoms with Crippen LogP contribution in [0.3, 0.4) is 0 Å². The van der Waals surface area contributed by atoms with Gasteiger partial charge in [-0.3, -0.25) is 9.59 Å². The molecular formula is C20H21N5O2S. The molecule has 1 heterocycles. The fourth-order valence-corrected chi connectivity index (χ4v) is 3.46. The highest BCUT2D eigenvalue weighted by molar-refractivity contribution is 7.10. The van der Waals surface area contributed by atoms with Crippen molar-refractivity contribution < 1.29 is 9.59 Å². The lowest BCUT2D eigenvalue weighted by Gasteiger charge is -2.18. The first-order valence-corrected chi connectivity index (χ1v) is 9.43. The van der Waals surface area contributed by atoms with Gasteiger partial charge in [-0.25, -0.2) is 0 Å². The van der Waals surface area contributed by atoms with Crippen LogP contribution in [-0.2, 0) is 11.2 Å². The van der Waals surface area contributed by atoms with E-state index in [9.17, 15) is 9.59 Å². The number of benzene rings is 2. The summed E-state index contributed by atoms with van der Waals surface area (Å²) in [5, 5.41) is 7.10. The van der Waals surface area contributed by atoms with E-state index >= 15 is 0 Å². The highest BCUT2D eigenvalue weighted by Gasteiger charge is 2.17. The van der Waals surface area contributed by atoms with Crippen molar-refractivity contribution in [1.82, 2.24) is 4.37 Å². The minimum absolute atomic E-state index is 0.343. The summed E-state index contributed by atoms with van der Waals surface area (Å²) < 4.78 is 4.21. The van der Waals surface area contributed by atoms with E-state index in [-0.39, 0.29) is 0 Å². The Labute approximate surface area is 166 Å². The highest BCUT2D eigenvalue weighted by Crippen LogP contribution is 2.27. The first kappa shape index (κ1) is 19.4. The maximum absolute atomic E-state index is 11.9. The number of aryl methyl sites for hydroxylation is 1. The number of hydrogen-bond donors (Lipinski definition) is 4. The van der Waals surface area contributed by atoms with E-state index in [0.29, 0.717) is 23.4 Å². The van der Waals surface area contributed by atoms with Crippen LogP contribution in [0.5, 0.6) is 0 Å². The largest absolute Gasteiger partial charge is 0.373 e. The lowest BCUT2D eigenvalue weighted by Crippen LogP contribution is -2.37. The van der Waals surface area contributed by atoms with Gasteiger partial charge in [0, 0.05) is 12.1 Å². The van der Waals surface area contributed by atoms with E-state index in [1.165, 1.54) is 11.5 Å². The van der Waals surface area contributed by atoms with Gasteiger partial charge < -0.3 is 22.1 Å². The van der Waals surface area contributed by atoms with E-state index in [1.807, 2.05) is 43.3 Å². The van der Waals surface area contributed by atoms with Gasteiger partial charge in [0.25, 0.3) is 5.91 Å². The molecule has 0 spiro atoms. The third kappa shape index (κ3) is 4.86. The molecule has 8 heteroatoms. The van der Waals surface area contributed by atoms with Crippen molar-refractivity contribution in [2.24, 2.45) is 11.5 Å². The van der Waals surface area contributed by atoms with Crippen LogP contribution in [0.1, 0.15) is 21.6 Å². The van der Waals surface area contributed by atoms with E-state index in [1.54, 1.807) is 18.2 Å². The number of nitrogens with zero attached hydrogens (tertiary/aromatic N) is 1. The van der Waals surface area contributed by atoms with Crippen LogP contribution < -0.4 is 22.1 Å². The molecule has 3 aromatic rings. The van der Waals surface area contributed by atoms with Gasteiger partial charge in [0.05, 0.1) is 16.9 Å². The molecule has 1 aromatic heterocycles. The van der Waals surface area contributed by atoms with E-state index in [2.05, 4.69) is 15.0 Å². The third-order valence-electron chi connectivity index (χ3n) is 4.14. The number of carbonyl (C=O) groups excluding carboxylic acids is 2. The number of amides is 2. The summed E-state index contributed by atoms with van der Waals surface area (Å²) in [6.45, 7) is 1.88. The van der Waals surface area contributed by atoms with Crippen LogP contribution in [0.15, 0.2) is 54.6 Å². The lowest BCUT2D eigenvalue weighted by molar-refractivity contribution is -0.118. The van der Waals surface area contributed by atoms with Crippen LogP contribution in [-0.4, -0.2) is 22.2 Å². The molecule has 3 rings (SSSR count). The van der Waals surface area contributed by atoms with Crippen molar-refractivity contribution in [3.63, 3.8) is 0 Å². The summed E-state index contributed by atoms with van der Waals surface area (Å²) in [6, 6.07) is 15.9. The van der Waals surface area contributed by atoms with Gasteiger partial charge >= 0.3 is 0 Å². The summed E-state index contributed by atoms with van der Waals surface area (Å²) >= 11 is 1.28. The highest BCUT2D eigenvalue weighted by atomic mass is 32.1. The van der Waals surface area contributed by atoms with Crippen molar-refractivity contribution in [2.45, 2.75) is 19.4 Å². The second kappa shape index (κ2) is 8.53. The van der Waals surface area contributed by atoms with Gasteiger partial charge in [0.1, 0.15) is 11.0 Å². The molecule has 0 saturated heterocycles. The first-order valence-electron chi connectivity index (χ1n) is 8.66. The monoisotopic (exact) mass is 395 g/mol. The fourth-order valence-electron chi connectivity index (χ4n) is 2.78. The second-order valence-corrected chi connectivity index (χ2v) is 7.18. The number of anilines is 3. The Bertz CT molecular complexity index is 987. The van der Waals surface area contributed by atoms with Gasteiger partial charge in [0.2, 0.25) is 5.91 Å². The Kier molecular flexibility index (Phi) is 5.90. The molecule has 0 aliphatic heterocycles. The van der Waals surface area contributed by atoms with Crippen molar-refractivity contribution in [2.75, 3.05) is 10.6 Å². The molecule has 0 bridgehead atoms. The molecule has 0 aliphatic carbocycles. The molecule has 2 aromatic carbocycles. The minimum atomic E-state index is -0.597. The molecule has 1 atom stereocenters. The molecule has 0 saturated carbocycles. The summed E-state index contributed by atoms with van der Waals surface area (Å²) in [4.78, 5) is 23.7. The number of nitrogens with one attached hydrogen (secondary N) is 2. The Hall–Kier alpha value is -3.39. The second-order valence-electron chi connectivity index (χ2n) is 6.37. The molecule has 2 amide bonds. The predicted molar refractivity (Wildman–Crippen MR) is 112 cm³/mol. The van der Waals surface area contributed by atoms with Crippen molar-refractivity contribution in [1.29, 1.82) is 0 Å². The van der Waals surface area contributed by atoms with Crippen LogP contribution in [0.2, 0.25) is 0 Å². The molecular weight excluding hydrogens is 374 g/mol. The van der Waals surface area contributed by atoms with Gasteiger partial charge in [-0.05, 0) is 48.3 Å². The van der Waals surface area contributed by atoms with Crippen LogP contribution in [0, 0.1) is 6.92 Å². The third-order valence-corrected chi connectivity index (χ3v) is 4.93. The smallest absolute Gasteiger partial charge is 0.250 e. The van der Waals surface area contributed by atoms with Crippen molar-refractivity contribution in [3.05, 3.63) is 71.4 Å². The van der Waals surface area contributed by atoms with E-state index < -0.39 is 17.9 Å². The molecule has 144 valence electrons. The fraction of sp³-hybridized carbons (Fsp3) is 0.150. The van der Waals surface area contributed by atoms with Gasteiger partial charge in [-0.1, -0.05) is 30.3 Å². The van der Waals surface area contributed by atoms with Crippen LogP contribution in [0.25, 0.3) is 0 Å². The molecule has 7 nitrogen and oxygen atoms in total. The maximum Gasteiger partial charge on any atom is 0.250 e. The van der Waals surface area contributed by atoms with Crippen molar-refractivity contribution in [3.8, 4) is 0 Å². The standard InChI is InChI=1S/C20H21N5O2S/c1-12-9-18(28-25-12)24-16-11-14(7-8-15(16)19(21)26)23-17(20(22)27)10-13-5-3-2-4-6-13/h2-9,11,17,23-24H,10H2,1H3,(H2,21,26)(H2,22,27)/t17-/m1/s1. The zero-order valence-electron chi connectivity index (χ0n) is 15.3. The Balaban J connectivity index is 1.85. The van der Waals surface area contributed by atoms with Crippen LogP contribution >= 0.6 is 11.5 Å². The molecule has 0 radical (unpaired) electrons. The topological polar surface area (TPSA) is 123 Å². The lowest BCUT2D eigenvalue weighted by atomic mass is 10.0. The minimum Gasteiger partial charge on any atom is -0.373 e. The summed E-state index contributed by atoms with van der Waals surface area (Å²) in [6.07, 6.45) is 0.449. The van der Waals surface area contributed by atoms with Crippen molar-refractivity contribution >= 4 is 39.7 Å². The predicted octanol–water partition coefficient (Wildman–Crippen LogP) is 2.80. The number of aromatic nitrogens is 1. The Morgan fingerprint density at radius 2 is 1.86 bits per heavy atom. The summed E-state index contributed by atoms with van der Waals surface area (Å²) in [5.41, 5.74) is 14.5. The van der Waals surface area contributed by atoms with Gasteiger partial charge in [-0.2, -0.15) is 4.37 Å². The van der Waals surface area contributed by atoms with E-state index in [4.69, 9.17) is 11.5 Å². The first-order chi connectivity index (χ1) is 13.4.